The van der Waals surface area contributed by atoms with Gasteiger partial charge in [-0.2, -0.15) is 22.9 Å². The van der Waals surface area contributed by atoms with Gasteiger partial charge in [0.2, 0.25) is 5.16 Å². The second-order valence-electron chi connectivity index (χ2n) is 5.54. The summed E-state index contributed by atoms with van der Waals surface area (Å²) in [6, 6.07) is 12.2. The van der Waals surface area contributed by atoms with Crippen LogP contribution in [-0.2, 0) is 6.18 Å². The Morgan fingerprint density at radius 1 is 1.00 bits per heavy atom. The van der Waals surface area contributed by atoms with Gasteiger partial charge in [0.1, 0.15) is 0 Å². The molecule has 0 saturated carbocycles. The first-order valence-electron chi connectivity index (χ1n) is 7.51. The molecule has 0 N–H and O–H groups in total. The first-order chi connectivity index (χ1) is 12.4. The molecule has 4 nitrogen and oxygen atoms in total. The standard InChI is InChI=1S/C17H10ClF3N4S/c18-13-6-4-10(5-7-13)15-22-23-16-25(15)24-14(9-26-16)11-2-1-3-12(8-11)17(19,20)21/h1-8H,9H2. The Kier molecular flexibility index (Phi) is 4.24. The van der Waals surface area contributed by atoms with E-state index >= 15 is 0 Å². The van der Waals surface area contributed by atoms with Gasteiger partial charge in [-0.3, -0.25) is 0 Å². The summed E-state index contributed by atoms with van der Waals surface area (Å²) < 4.78 is 40.4. The Labute approximate surface area is 155 Å². The number of hydrogen-bond acceptors (Lipinski definition) is 4. The van der Waals surface area contributed by atoms with Crippen molar-refractivity contribution in [3.8, 4) is 11.4 Å². The normalized spacial score (nSPS) is 14.1. The average molecular weight is 395 g/mol. The summed E-state index contributed by atoms with van der Waals surface area (Å²) in [6.07, 6.45) is -4.39. The van der Waals surface area contributed by atoms with Crippen LogP contribution in [0.4, 0.5) is 13.2 Å². The first-order valence-corrected chi connectivity index (χ1v) is 8.88. The van der Waals surface area contributed by atoms with Crippen molar-refractivity contribution in [2.45, 2.75) is 11.3 Å². The van der Waals surface area contributed by atoms with E-state index < -0.39 is 11.7 Å². The van der Waals surface area contributed by atoms with Crippen molar-refractivity contribution < 1.29 is 13.2 Å². The molecule has 26 heavy (non-hydrogen) atoms. The van der Waals surface area contributed by atoms with Gasteiger partial charge in [-0.25, -0.2) is 0 Å². The van der Waals surface area contributed by atoms with E-state index in [0.29, 0.717) is 33.0 Å². The lowest BCUT2D eigenvalue weighted by Crippen LogP contribution is -2.15. The van der Waals surface area contributed by atoms with Crippen LogP contribution in [0.5, 0.6) is 0 Å². The van der Waals surface area contributed by atoms with E-state index in [1.165, 1.54) is 17.8 Å². The number of benzene rings is 2. The smallest absolute Gasteiger partial charge is 0.187 e. The first kappa shape index (κ1) is 17.1. The highest BCUT2D eigenvalue weighted by Crippen LogP contribution is 2.32. The summed E-state index contributed by atoms with van der Waals surface area (Å²) >= 11 is 7.28. The number of thioether (sulfide) groups is 1. The molecular weight excluding hydrogens is 385 g/mol. The largest absolute Gasteiger partial charge is 0.416 e. The molecule has 0 atom stereocenters. The molecule has 132 valence electrons. The maximum absolute atomic E-state index is 13.0. The number of alkyl halides is 3. The SMILES string of the molecule is FC(F)(F)c1cccc(C2=Nn3c(nnc3-c3ccc(Cl)cc3)SC2)c1. The zero-order valence-corrected chi connectivity index (χ0v) is 14.6. The lowest BCUT2D eigenvalue weighted by atomic mass is 10.1. The molecule has 4 rings (SSSR count). The van der Waals surface area contributed by atoms with E-state index in [9.17, 15) is 13.2 Å². The van der Waals surface area contributed by atoms with Crippen LogP contribution in [0.1, 0.15) is 11.1 Å². The minimum absolute atomic E-state index is 0.417. The van der Waals surface area contributed by atoms with Gasteiger partial charge < -0.3 is 0 Å². The Morgan fingerprint density at radius 3 is 2.50 bits per heavy atom. The van der Waals surface area contributed by atoms with E-state index in [0.717, 1.165) is 17.7 Å². The second kappa shape index (κ2) is 6.44. The molecule has 0 fully saturated rings. The van der Waals surface area contributed by atoms with Gasteiger partial charge >= 0.3 is 6.18 Å². The fraction of sp³-hybridized carbons (Fsp3) is 0.118. The van der Waals surface area contributed by atoms with Gasteiger partial charge in [0, 0.05) is 16.3 Å². The zero-order valence-electron chi connectivity index (χ0n) is 13.0. The molecule has 0 unspecified atom stereocenters. The Bertz CT molecular complexity index is 996. The summed E-state index contributed by atoms with van der Waals surface area (Å²) in [5, 5.41) is 13.9. The van der Waals surface area contributed by atoms with Crippen molar-refractivity contribution in [1.29, 1.82) is 0 Å². The van der Waals surface area contributed by atoms with Crippen molar-refractivity contribution in [1.82, 2.24) is 14.9 Å². The van der Waals surface area contributed by atoms with Crippen molar-refractivity contribution in [3.63, 3.8) is 0 Å². The van der Waals surface area contributed by atoms with Crippen LogP contribution in [0.2, 0.25) is 5.02 Å². The maximum Gasteiger partial charge on any atom is 0.416 e. The van der Waals surface area contributed by atoms with Crippen molar-refractivity contribution >= 4 is 29.1 Å². The number of nitrogens with zero attached hydrogens (tertiary/aromatic N) is 4. The molecule has 0 radical (unpaired) electrons. The van der Waals surface area contributed by atoms with E-state index in [-0.39, 0.29) is 0 Å². The van der Waals surface area contributed by atoms with Crippen LogP contribution in [0.3, 0.4) is 0 Å². The topological polar surface area (TPSA) is 43.1 Å². The molecule has 0 spiro atoms. The molecule has 0 amide bonds. The van der Waals surface area contributed by atoms with Crippen molar-refractivity contribution in [2.24, 2.45) is 5.10 Å². The second-order valence-corrected chi connectivity index (χ2v) is 6.92. The summed E-state index contributed by atoms with van der Waals surface area (Å²) in [6.45, 7) is 0. The molecule has 3 aromatic rings. The lowest BCUT2D eigenvalue weighted by Gasteiger charge is -2.15. The predicted molar refractivity (Wildman–Crippen MR) is 94.6 cm³/mol. The fourth-order valence-electron chi connectivity index (χ4n) is 2.52. The van der Waals surface area contributed by atoms with Crippen molar-refractivity contribution in [2.75, 3.05) is 5.75 Å². The van der Waals surface area contributed by atoms with Gasteiger partial charge in [-0.05, 0) is 42.0 Å². The lowest BCUT2D eigenvalue weighted by molar-refractivity contribution is -0.137. The number of halogens is 4. The van der Waals surface area contributed by atoms with Gasteiger partial charge in [0.15, 0.2) is 5.82 Å². The number of fused-ring (bicyclic) bond motifs is 1. The van der Waals surface area contributed by atoms with Gasteiger partial charge in [0.25, 0.3) is 0 Å². The summed E-state index contributed by atoms with van der Waals surface area (Å²) in [7, 11) is 0. The Hall–Kier alpha value is -2.32. The van der Waals surface area contributed by atoms with Crippen LogP contribution < -0.4 is 0 Å². The van der Waals surface area contributed by atoms with Crippen LogP contribution in [0.15, 0.2) is 58.8 Å². The third-order valence-corrected chi connectivity index (χ3v) is 4.98. The highest BCUT2D eigenvalue weighted by atomic mass is 35.5. The van der Waals surface area contributed by atoms with Crippen LogP contribution >= 0.6 is 23.4 Å². The molecule has 0 saturated heterocycles. The molecule has 1 aliphatic heterocycles. The van der Waals surface area contributed by atoms with Crippen LogP contribution in [-0.4, -0.2) is 26.3 Å². The quantitative estimate of drug-likeness (QED) is 0.616. The van der Waals surface area contributed by atoms with E-state index in [4.69, 9.17) is 11.6 Å². The third kappa shape index (κ3) is 3.22. The number of rotatable bonds is 2. The molecule has 9 heteroatoms. The molecule has 2 heterocycles. The van der Waals surface area contributed by atoms with Gasteiger partial charge in [-0.1, -0.05) is 35.5 Å². The predicted octanol–water partition coefficient (Wildman–Crippen LogP) is 4.98. The van der Waals surface area contributed by atoms with Gasteiger partial charge in [0.05, 0.1) is 11.3 Å². The fourth-order valence-corrected chi connectivity index (χ4v) is 3.49. The van der Waals surface area contributed by atoms with E-state index in [1.54, 1.807) is 35.0 Å². The van der Waals surface area contributed by atoms with Crippen molar-refractivity contribution in [3.05, 3.63) is 64.7 Å². The highest BCUT2D eigenvalue weighted by molar-refractivity contribution is 7.99. The molecule has 0 bridgehead atoms. The number of aromatic nitrogens is 3. The molecule has 1 aliphatic rings. The summed E-state index contributed by atoms with van der Waals surface area (Å²) in [4.78, 5) is 0. The summed E-state index contributed by atoms with van der Waals surface area (Å²) in [5.74, 6) is 0.924. The zero-order chi connectivity index (χ0) is 18.3. The monoisotopic (exact) mass is 394 g/mol. The third-order valence-electron chi connectivity index (χ3n) is 3.80. The molecule has 0 aliphatic carbocycles. The van der Waals surface area contributed by atoms with Crippen LogP contribution in [0, 0.1) is 0 Å². The molecular formula is C17H10ClF3N4S. The minimum Gasteiger partial charge on any atom is -0.187 e. The maximum atomic E-state index is 13.0. The minimum atomic E-state index is -4.39. The average Bonchev–Trinajstić information content (AvgIpc) is 3.05. The highest BCUT2D eigenvalue weighted by Gasteiger charge is 2.31. The Morgan fingerprint density at radius 2 is 1.77 bits per heavy atom. The molecule has 1 aromatic heterocycles. The number of hydrogen-bond donors (Lipinski definition) is 0. The van der Waals surface area contributed by atoms with E-state index in [2.05, 4.69) is 15.3 Å². The van der Waals surface area contributed by atoms with Gasteiger partial charge in [-0.15, -0.1) is 10.2 Å². The Balaban J connectivity index is 1.76. The molecule has 2 aromatic carbocycles. The van der Waals surface area contributed by atoms with E-state index in [1.807, 2.05) is 0 Å². The summed E-state index contributed by atoms with van der Waals surface area (Å²) in [5.41, 5.74) is 1.02. The van der Waals surface area contributed by atoms with Crippen LogP contribution in [0.25, 0.3) is 11.4 Å².